The summed E-state index contributed by atoms with van der Waals surface area (Å²) in [6.07, 6.45) is 0.999. The van der Waals surface area contributed by atoms with Crippen LogP contribution < -0.4 is 22.4 Å². The summed E-state index contributed by atoms with van der Waals surface area (Å²) >= 11 is 55.0. The first-order valence-electron chi connectivity index (χ1n) is 40.9. The van der Waals surface area contributed by atoms with E-state index in [0.717, 1.165) is 117 Å². The molecule has 16 aromatic carbocycles. The van der Waals surface area contributed by atoms with E-state index in [2.05, 4.69) is 251 Å². The van der Waals surface area contributed by atoms with Crippen LogP contribution in [0.1, 0.15) is 49.2 Å². The normalized spacial score (nSPS) is 12.1. The fourth-order valence-corrected chi connectivity index (χ4v) is 18.5. The number of carbonyl (C=O) groups is 1. The number of hydrogen-bond donors (Lipinski definition) is 4. The Morgan fingerprint density at radius 3 is 1.35 bits per heavy atom. The summed E-state index contributed by atoms with van der Waals surface area (Å²) in [6, 6.07) is 116. The highest BCUT2D eigenvalue weighted by atomic mass is 127. The van der Waals surface area contributed by atoms with Gasteiger partial charge >= 0.3 is 14.2 Å². The third-order valence-corrected chi connectivity index (χ3v) is 26.6. The molecule has 670 valence electrons. The van der Waals surface area contributed by atoms with Crippen LogP contribution in [0.3, 0.4) is 0 Å². The molecule has 29 heteroatoms. The maximum absolute atomic E-state index is 11.0. The summed E-state index contributed by atoms with van der Waals surface area (Å²) in [7, 11) is -1.85. The Labute approximate surface area is 856 Å². The minimum atomic E-state index is -1.48. The molecule has 2 aliphatic rings. The van der Waals surface area contributed by atoms with Crippen LogP contribution in [0.15, 0.2) is 386 Å². The van der Waals surface area contributed by atoms with Crippen molar-refractivity contribution < 1.29 is 34.0 Å². The molecule has 133 heavy (non-hydrogen) atoms. The maximum Gasteiger partial charge on any atom is 0.496 e. The first kappa shape index (κ1) is 102. The Morgan fingerprint density at radius 2 is 0.850 bits per heavy atom. The monoisotopic (exact) mass is 2310 g/mol. The fraction of sp³-hybridized carbons (Fsp3) is 0.0673. The molecule has 2 aromatic heterocycles. The zero-order valence-electron chi connectivity index (χ0n) is 71.2. The van der Waals surface area contributed by atoms with Crippen LogP contribution in [0.2, 0.25) is 25.1 Å². The second-order valence-electron chi connectivity index (χ2n) is 30.6. The van der Waals surface area contributed by atoms with Gasteiger partial charge in [0.2, 0.25) is 0 Å². The lowest BCUT2D eigenvalue weighted by Crippen LogP contribution is -2.41. The van der Waals surface area contributed by atoms with Crippen LogP contribution in [-0.2, 0) is 15.7 Å². The van der Waals surface area contributed by atoms with Gasteiger partial charge in [0.25, 0.3) is 16.6 Å². The number of halogens is 12. The number of carbonyl (C=O) groups excluding carboxylic acids is 1. The average Bonchev–Trinajstić information content (AvgIpc) is 1.58. The highest BCUT2D eigenvalue weighted by Gasteiger charge is 2.52. The van der Waals surface area contributed by atoms with E-state index in [1.54, 1.807) is 97.1 Å². The highest BCUT2D eigenvalue weighted by Crippen LogP contribution is 2.45. The van der Waals surface area contributed by atoms with Crippen molar-refractivity contribution in [1.29, 1.82) is 0 Å². The number of nitro groups is 2. The predicted octanol–water partition coefficient (Wildman–Crippen LogP) is 31.3. The van der Waals surface area contributed by atoms with E-state index in [4.69, 9.17) is 100 Å². The number of nitrogens with two attached hydrogens (primary N) is 2. The Hall–Kier alpha value is -9.97. The molecule has 0 spiro atoms. The third-order valence-electron chi connectivity index (χ3n) is 21.4. The van der Waals surface area contributed by atoms with Crippen LogP contribution >= 0.6 is 172 Å². The van der Waals surface area contributed by atoms with Crippen molar-refractivity contribution in [1.82, 2.24) is 9.13 Å². The van der Waals surface area contributed by atoms with Crippen molar-refractivity contribution in [3.8, 4) is 44.8 Å². The number of nitrogens with zero attached hydrogens (tertiary/aromatic N) is 4. The molecule has 0 amide bonds. The van der Waals surface area contributed by atoms with E-state index < -0.39 is 22.2 Å². The number of nitrogen functional groups attached to an aromatic ring is 2. The molecular formula is C104H80B2Br5Cl6IN6O9. The lowest BCUT2D eigenvalue weighted by molar-refractivity contribution is -0.385. The molecule has 15 nitrogen and oxygen atoms in total. The van der Waals surface area contributed by atoms with Gasteiger partial charge in [-0.3, -0.25) is 25.0 Å². The SMILES string of the molecule is CC1(C)OB(c2ccccc2N)OC1(C)C.Clc1cccc2c1-c1cc(Br)ccc1C2.Clc1cccc2c1c1cc(Br)ccc1n2-c1ccccc1.Ic1ccccc1.Nc1ccccc1-c1ccc2c(c1)c1c(Cl)cccc1n2-c1ccccc1.O=C(Cl)c1ccccc1.O=[N+]([O-])c1ccc(Br)cc1-c1ccccc1Cl.O=[N+]([O-])c1ccc(Br)cc1Br.OB(O)c1ccccc1Cl. The summed E-state index contributed by atoms with van der Waals surface area (Å²) in [4.78, 5) is 30.8. The number of anilines is 2. The summed E-state index contributed by atoms with van der Waals surface area (Å²) in [5, 5.41) is 45.9. The van der Waals surface area contributed by atoms with Gasteiger partial charge < -0.3 is 40.0 Å². The van der Waals surface area contributed by atoms with Crippen molar-refractivity contribution >= 4 is 269 Å². The largest absolute Gasteiger partial charge is 0.496 e. The van der Waals surface area contributed by atoms with Crippen LogP contribution in [0.5, 0.6) is 0 Å². The summed E-state index contributed by atoms with van der Waals surface area (Å²) in [5.74, 6) is 0. The molecule has 0 atom stereocenters. The second-order valence-corrected chi connectivity index (χ2v) is 38.8. The van der Waals surface area contributed by atoms with Gasteiger partial charge in [-0.15, -0.1) is 0 Å². The fourth-order valence-electron chi connectivity index (χ4n) is 14.4. The maximum atomic E-state index is 11.0. The Kier molecular flexibility index (Phi) is 36.4. The number of nitro benzene ring substituents is 2. The molecule has 18 aromatic rings. The first-order valence-corrected chi connectivity index (χ1v) is 48.2. The van der Waals surface area contributed by atoms with Crippen molar-refractivity contribution in [2.45, 2.75) is 45.3 Å². The molecule has 20 rings (SSSR count). The summed E-state index contributed by atoms with van der Waals surface area (Å²) in [6.45, 7) is 8.14. The predicted molar refractivity (Wildman–Crippen MR) is 580 cm³/mol. The van der Waals surface area contributed by atoms with Gasteiger partial charge in [-0.1, -0.05) is 316 Å². The van der Waals surface area contributed by atoms with Gasteiger partial charge in [-0.2, -0.15) is 0 Å². The Balaban J connectivity index is 0.000000139. The molecule has 1 aliphatic heterocycles. The van der Waals surface area contributed by atoms with Crippen molar-refractivity contribution in [3.05, 3.63) is 452 Å². The van der Waals surface area contributed by atoms with Crippen molar-refractivity contribution in [2.75, 3.05) is 11.5 Å². The number of hydrogen-bond acceptors (Lipinski definition) is 11. The van der Waals surface area contributed by atoms with Crippen LogP contribution in [0, 0.1) is 23.8 Å². The third kappa shape index (κ3) is 26.0. The smallest absolute Gasteiger partial charge is 0.423 e. The highest BCUT2D eigenvalue weighted by molar-refractivity contribution is 14.1. The molecule has 0 bridgehead atoms. The second kappa shape index (κ2) is 47.5. The number of aromatic nitrogens is 2. The van der Waals surface area contributed by atoms with Crippen LogP contribution in [0.25, 0.3) is 88.4 Å². The zero-order chi connectivity index (χ0) is 95.4. The molecule has 0 unspecified atom stereocenters. The molecule has 6 N–H and O–H groups in total. The van der Waals surface area contributed by atoms with Crippen LogP contribution in [-0.4, -0.2) is 59.7 Å². The van der Waals surface area contributed by atoms with E-state index in [9.17, 15) is 25.0 Å². The summed E-state index contributed by atoms with van der Waals surface area (Å²) in [5.41, 5.74) is 30.1. The van der Waals surface area contributed by atoms with Gasteiger partial charge in [-0.25, -0.2) is 0 Å². The standard InChI is InChI=1S/C24H17ClN2.C18H11BrClN.C13H8BrCl.C12H18BNO2.C12H7BrClNO2.C7H5ClO.C6H6BClO2.C6H3Br2NO2.C6H5I/c25-20-10-6-12-23-24(20)19-15-16(18-9-4-5-11-21(18)26)13-14-22(19)27(23)17-7-2-1-3-8-17;19-12-9-10-16-14(11-12)18-15(20)7-4-8-17(18)21(16)13-5-2-1-3-6-13;14-10-5-4-8-6-9-2-1-3-12(15)13(9)11(8)7-10;1-11(2)12(3,4)16-13(15-11)9-7-5-6-8-10(9)14;13-8-5-6-12(15(16)17)10(7-8)9-3-1-2-4-11(9)14;8-7(9)6-4-2-1-3-5-6;8-6-4-2-1-3-5(6)7(9)10;7-4-1-2-6(9(10)11)5(8)3-4;7-6-4-2-1-3-5-6/h1-15H,26H2;1-11H;1-5,7H,6H2;5-8H,14H2,1-4H3;1-7H;1-5H;1-4,9-10H;1-3H;1-5H. The lowest BCUT2D eigenvalue weighted by Gasteiger charge is -2.32. The van der Waals surface area contributed by atoms with Gasteiger partial charge in [0.05, 0.1) is 63.2 Å². The van der Waals surface area contributed by atoms with Gasteiger partial charge in [0, 0.05) is 126 Å². The minimum Gasteiger partial charge on any atom is -0.423 e. The van der Waals surface area contributed by atoms with Crippen LogP contribution in [0.4, 0.5) is 22.7 Å². The van der Waals surface area contributed by atoms with Gasteiger partial charge in [0.1, 0.15) is 0 Å². The number of benzene rings is 16. The Morgan fingerprint density at radius 1 is 0.421 bits per heavy atom. The molecule has 1 saturated heterocycles. The molecule has 1 fully saturated rings. The number of para-hydroxylation sites is 4. The minimum absolute atomic E-state index is 0.0429. The zero-order valence-corrected chi connectivity index (χ0v) is 85.9. The molecule has 1 aliphatic carbocycles. The van der Waals surface area contributed by atoms with E-state index in [1.807, 2.05) is 143 Å². The lowest BCUT2D eigenvalue weighted by atomic mass is 9.78. The quantitative estimate of drug-likeness (QED) is 0.0266. The molecule has 0 saturated carbocycles. The molecule has 0 radical (unpaired) electrons. The van der Waals surface area contributed by atoms with E-state index in [1.165, 1.54) is 38.0 Å². The molecular weight excluding hydrogens is 2240 g/mol. The first-order chi connectivity index (χ1) is 63.7. The van der Waals surface area contributed by atoms with Crippen molar-refractivity contribution in [2.24, 2.45) is 0 Å². The summed E-state index contributed by atoms with van der Waals surface area (Å²) < 4.78 is 21.9. The van der Waals surface area contributed by atoms with Crippen molar-refractivity contribution in [3.63, 3.8) is 0 Å². The Bertz CT molecular complexity index is 7170. The van der Waals surface area contributed by atoms with Gasteiger partial charge in [0.15, 0.2) is 0 Å². The topological polar surface area (TPSA) is 224 Å². The number of fused-ring (bicyclic) bond motifs is 9. The number of rotatable bonds is 9. The van der Waals surface area contributed by atoms with E-state index >= 15 is 0 Å². The average molecular weight is 2320 g/mol. The van der Waals surface area contributed by atoms with E-state index in [-0.39, 0.29) is 29.7 Å². The van der Waals surface area contributed by atoms with Gasteiger partial charge in [-0.05, 0) is 264 Å². The molecule has 3 heterocycles. The van der Waals surface area contributed by atoms with E-state index in [0.29, 0.717) is 42.4 Å².